The number of carboxylic acid groups (broad SMARTS) is 1. The molecule has 1 fully saturated rings. The number of nitrogens with one attached hydrogen (secondary N) is 1. The summed E-state index contributed by atoms with van der Waals surface area (Å²) in [4.78, 5) is 15.4. The average Bonchev–Trinajstić information content (AvgIpc) is 2.93. The van der Waals surface area contributed by atoms with Gasteiger partial charge in [0.2, 0.25) is 0 Å². The summed E-state index contributed by atoms with van der Waals surface area (Å²) in [5.74, 6) is -1.31. The first-order valence-corrected chi connectivity index (χ1v) is 6.98. The molecular weight excluding hydrogens is 264 g/mol. The van der Waals surface area contributed by atoms with Crippen molar-refractivity contribution in [3.63, 3.8) is 0 Å². The highest BCUT2D eigenvalue weighted by atomic mass is 32.1. The summed E-state index contributed by atoms with van der Waals surface area (Å²) in [5, 5.41) is 22.8. The van der Waals surface area contributed by atoms with Crippen LogP contribution in [0.25, 0.3) is 10.2 Å². The molecule has 3 unspecified atom stereocenters. The molecule has 5 nitrogen and oxygen atoms in total. The first-order chi connectivity index (χ1) is 9.13. The van der Waals surface area contributed by atoms with Crippen LogP contribution in [0, 0.1) is 5.92 Å². The molecule has 0 saturated heterocycles. The Balaban J connectivity index is 1.76. The summed E-state index contributed by atoms with van der Waals surface area (Å²) in [6.07, 6.45) is 0.109. The summed E-state index contributed by atoms with van der Waals surface area (Å²) in [6.45, 7) is 0. The molecule has 0 amide bonds. The molecule has 0 spiro atoms. The lowest BCUT2D eigenvalue weighted by atomic mass is 10.1. The number of benzene rings is 1. The van der Waals surface area contributed by atoms with E-state index in [0.717, 1.165) is 15.3 Å². The number of thiazole rings is 1. The van der Waals surface area contributed by atoms with E-state index >= 15 is 0 Å². The Kier molecular flexibility index (Phi) is 3.12. The molecule has 2 aromatic rings. The van der Waals surface area contributed by atoms with Crippen LogP contribution in [0.4, 0.5) is 5.13 Å². The van der Waals surface area contributed by atoms with E-state index in [4.69, 9.17) is 5.11 Å². The number of nitrogens with zero attached hydrogens (tertiary/aromatic N) is 1. The van der Waals surface area contributed by atoms with Gasteiger partial charge in [-0.25, -0.2) is 4.98 Å². The summed E-state index contributed by atoms with van der Waals surface area (Å²) >= 11 is 1.52. The molecule has 0 bridgehead atoms. The predicted octanol–water partition coefficient (Wildman–Crippen LogP) is 1.93. The fourth-order valence-electron chi connectivity index (χ4n) is 2.46. The number of aliphatic hydroxyl groups is 1. The van der Waals surface area contributed by atoms with Gasteiger partial charge in [0.15, 0.2) is 5.13 Å². The Bertz CT molecular complexity index is 580. The predicted molar refractivity (Wildman–Crippen MR) is 73.4 cm³/mol. The number of carboxylic acids is 1. The van der Waals surface area contributed by atoms with Gasteiger partial charge in [0, 0.05) is 0 Å². The van der Waals surface area contributed by atoms with Gasteiger partial charge in [-0.3, -0.25) is 4.79 Å². The molecule has 3 N–H and O–H groups in total. The third-order valence-electron chi connectivity index (χ3n) is 3.48. The summed E-state index contributed by atoms with van der Waals surface area (Å²) < 4.78 is 1.08. The molecule has 1 aliphatic rings. The van der Waals surface area contributed by atoms with Crippen molar-refractivity contribution >= 4 is 32.7 Å². The molecule has 1 heterocycles. The Morgan fingerprint density at radius 3 is 2.84 bits per heavy atom. The molecule has 1 saturated carbocycles. The molecule has 1 aromatic carbocycles. The lowest BCUT2D eigenvalue weighted by Gasteiger charge is -2.14. The fraction of sp³-hybridized carbons (Fsp3) is 0.385. The van der Waals surface area contributed by atoms with Crippen molar-refractivity contribution in [2.24, 2.45) is 5.92 Å². The SMILES string of the molecule is O=C(O)C1CC(O)C(Nc2nc3ccccc3s2)C1. The van der Waals surface area contributed by atoms with E-state index in [0.29, 0.717) is 12.8 Å². The maximum absolute atomic E-state index is 10.9. The van der Waals surface area contributed by atoms with Crippen molar-refractivity contribution in [1.29, 1.82) is 0 Å². The number of rotatable bonds is 3. The van der Waals surface area contributed by atoms with Crippen LogP contribution in [-0.2, 0) is 4.79 Å². The largest absolute Gasteiger partial charge is 0.481 e. The van der Waals surface area contributed by atoms with Gasteiger partial charge in [0.05, 0.1) is 28.3 Å². The second-order valence-electron chi connectivity index (χ2n) is 4.81. The van der Waals surface area contributed by atoms with Crippen LogP contribution in [0.5, 0.6) is 0 Å². The number of fused-ring (bicyclic) bond motifs is 1. The summed E-state index contributed by atoms with van der Waals surface area (Å²) in [7, 11) is 0. The molecular formula is C13H14N2O3S. The highest BCUT2D eigenvalue weighted by Gasteiger charge is 2.37. The Labute approximate surface area is 113 Å². The first-order valence-electron chi connectivity index (χ1n) is 6.16. The van der Waals surface area contributed by atoms with Gasteiger partial charge in [-0.05, 0) is 25.0 Å². The van der Waals surface area contributed by atoms with E-state index in [2.05, 4.69) is 10.3 Å². The number of aliphatic carboxylic acids is 1. The van der Waals surface area contributed by atoms with Gasteiger partial charge in [-0.2, -0.15) is 0 Å². The van der Waals surface area contributed by atoms with Crippen molar-refractivity contribution in [1.82, 2.24) is 4.98 Å². The van der Waals surface area contributed by atoms with E-state index in [1.807, 2.05) is 24.3 Å². The minimum Gasteiger partial charge on any atom is -0.481 e. The second-order valence-corrected chi connectivity index (χ2v) is 5.84. The smallest absolute Gasteiger partial charge is 0.306 e. The third-order valence-corrected chi connectivity index (χ3v) is 4.45. The first kappa shape index (κ1) is 12.4. The standard InChI is InChI=1S/C13H14N2O3S/c16-10-6-7(12(17)18)5-9(10)15-13-14-8-3-1-2-4-11(8)19-13/h1-4,7,9-10,16H,5-6H2,(H,14,15)(H,17,18). The molecule has 3 atom stereocenters. The minimum absolute atomic E-state index is 0.235. The molecule has 19 heavy (non-hydrogen) atoms. The maximum Gasteiger partial charge on any atom is 0.306 e. The van der Waals surface area contributed by atoms with Crippen LogP contribution in [0.15, 0.2) is 24.3 Å². The number of carbonyl (C=O) groups is 1. The van der Waals surface area contributed by atoms with E-state index in [1.54, 1.807) is 0 Å². The highest BCUT2D eigenvalue weighted by molar-refractivity contribution is 7.22. The van der Waals surface area contributed by atoms with E-state index < -0.39 is 18.0 Å². The van der Waals surface area contributed by atoms with Crippen LogP contribution in [0.1, 0.15) is 12.8 Å². The number of aliphatic hydroxyl groups excluding tert-OH is 1. The average molecular weight is 278 g/mol. The van der Waals surface area contributed by atoms with Gasteiger partial charge in [-0.1, -0.05) is 23.5 Å². The Morgan fingerprint density at radius 2 is 2.16 bits per heavy atom. The quantitative estimate of drug-likeness (QED) is 0.799. The topological polar surface area (TPSA) is 82.5 Å². The number of para-hydroxylation sites is 1. The number of hydrogen-bond acceptors (Lipinski definition) is 5. The molecule has 1 aromatic heterocycles. The van der Waals surface area contributed by atoms with Crippen molar-refractivity contribution < 1.29 is 15.0 Å². The van der Waals surface area contributed by atoms with Crippen LogP contribution in [0.3, 0.4) is 0 Å². The van der Waals surface area contributed by atoms with Crippen LogP contribution in [0.2, 0.25) is 0 Å². The van der Waals surface area contributed by atoms with Gasteiger partial charge in [-0.15, -0.1) is 0 Å². The normalized spacial score (nSPS) is 26.7. The van der Waals surface area contributed by atoms with Gasteiger partial charge >= 0.3 is 5.97 Å². The fourth-order valence-corrected chi connectivity index (χ4v) is 3.39. The number of anilines is 1. The Morgan fingerprint density at radius 1 is 1.37 bits per heavy atom. The lowest BCUT2D eigenvalue weighted by Crippen LogP contribution is -2.27. The summed E-state index contributed by atoms with van der Waals surface area (Å²) in [6, 6.07) is 7.57. The van der Waals surface area contributed by atoms with Crippen LogP contribution >= 0.6 is 11.3 Å². The molecule has 1 aliphatic carbocycles. The zero-order valence-electron chi connectivity index (χ0n) is 10.1. The number of hydrogen-bond donors (Lipinski definition) is 3. The van der Waals surface area contributed by atoms with Gasteiger partial charge in [0.1, 0.15) is 0 Å². The van der Waals surface area contributed by atoms with E-state index in [-0.39, 0.29) is 6.04 Å². The van der Waals surface area contributed by atoms with Crippen molar-refractivity contribution in [3.05, 3.63) is 24.3 Å². The lowest BCUT2D eigenvalue weighted by molar-refractivity contribution is -0.141. The summed E-state index contributed by atoms with van der Waals surface area (Å²) in [5.41, 5.74) is 0.914. The van der Waals surface area contributed by atoms with Crippen molar-refractivity contribution in [3.8, 4) is 0 Å². The second kappa shape index (κ2) is 4.79. The monoisotopic (exact) mass is 278 g/mol. The zero-order chi connectivity index (χ0) is 13.4. The molecule has 100 valence electrons. The zero-order valence-corrected chi connectivity index (χ0v) is 10.9. The van der Waals surface area contributed by atoms with Crippen molar-refractivity contribution in [2.75, 3.05) is 5.32 Å². The number of aromatic nitrogens is 1. The Hall–Kier alpha value is -1.66. The van der Waals surface area contributed by atoms with E-state index in [1.165, 1.54) is 11.3 Å². The van der Waals surface area contributed by atoms with Gasteiger partial charge < -0.3 is 15.5 Å². The molecule has 0 aliphatic heterocycles. The molecule has 6 heteroatoms. The minimum atomic E-state index is -0.840. The third kappa shape index (κ3) is 2.41. The highest BCUT2D eigenvalue weighted by Crippen LogP contribution is 2.31. The van der Waals surface area contributed by atoms with Gasteiger partial charge in [0.25, 0.3) is 0 Å². The van der Waals surface area contributed by atoms with Crippen molar-refractivity contribution in [2.45, 2.75) is 25.0 Å². The van der Waals surface area contributed by atoms with Crippen LogP contribution < -0.4 is 5.32 Å². The molecule has 3 rings (SSSR count). The maximum atomic E-state index is 10.9. The van der Waals surface area contributed by atoms with E-state index in [9.17, 15) is 9.90 Å². The molecule has 0 radical (unpaired) electrons. The van der Waals surface area contributed by atoms with Crippen LogP contribution in [-0.4, -0.2) is 33.3 Å².